The van der Waals surface area contributed by atoms with Crippen molar-refractivity contribution < 1.29 is 14.6 Å². The Morgan fingerprint density at radius 2 is 2.03 bits per heavy atom. The minimum atomic E-state index is -0.889. The fourth-order valence-electron chi connectivity index (χ4n) is 4.27. The van der Waals surface area contributed by atoms with Crippen LogP contribution in [0.1, 0.15) is 34.4 Å². The first-order chi connectivity index (χ1) is 15.8. The zero-order chi connectivity index (χ0) is 23.3. The van der Waals surface area contributed by atoms with Crippen LogP contribution < -0.4 is 16.6 Å². The number of amides is 1. The van der Waals surface area contributed by atoms with Gasteiger partial charge in [-0.1, -0.05) is 18.2 Å². The van der Waals surface area contributed by atoms with Crippen molar-refractivity contribution in [3.8, 4) is 0 Å². The molecule has 5 rings (SSSR count). The number of H-pyrrole nitrogens is 2. The van der Waals surface area contributed by atoms with Gasteiger partial charge in [-0.25, -0.2) is 9.78 Å². The number of ether oxygens (including phenoxy) is 1. The summed E-state index contributed by atoms with van der Waals surface area (Å²) in [5.41, 5.74) is 2.11. The van der Waals surface area contributed by atoms with Crippen molar-refractivity contribution >= 4 is 27.7 Å². The topological polar surface area (TPSA) is 142 Å². The highest BCUT2D eigenvalue weighted by Gasteiger charge is 2.35. The van der Waals surface area contributed by atoms with Crippen molar-refractivity contribution in [2.45, 2.75) is 38.7 Å². The summed E-state index contributed by atoms with van der Waals surface area (Å²) in [6.07, 6.45) is -0.781. The Morgan fingerprint density at radius 3 is 2.85 bits per heavy atom. The Morgan fingerprint density at radius 1 is 1.24 bits per heavy atom. The normalized spacial score (nSPS) is 20.5. The van der Waals surface area contributed by atoms with Gasteiger partial charge in [0, 0.05) is 41.0 Å². The van der Waals surface area contributed by atoms with Crippen molar-refractivity contribution in [1.29, 1.82) is 0 Å². The van der Waals surface area contributed by atoms with Crippen molar-refractivity contribution in [3.05, 3.63) is 74.3 Å². The van der Waals surface area contributed by atoms with Crippen LogP contribution >= 0.6 is 0 Å². The molecule has 1 amide bonds. The minimum absolute atomic E-state index is 0.0419. The number of nitrogens with zero attached hydrogens (tertiary/aromatic N) is 2. The maximum atomic E-state index is 12.8. The largest absolute Gasteiger partial charge is 0.390 e. The van der Waals surface area contributed by atoms with E-state index in [1.165, 1.54) is 10.8 Å². The number of hydrogen-bond acceptors (Lipinski definition) is 6. The standard InChI is InChI=1S/C23H23N5O5/c1-11-10-28(23(32)27-21(11)30)19-8-17(29)18(33-19)9-24-22(31)16-7-14-13-5-3-4-6-15(13)26-20(14)12(2)25-16/h3-7,10,17-19,26,29H,8-9H2,1-2H3,(H,24,31)(H,27,30,32)/t17-,18+,19+/m0/s1. The Bertz CT molecular complexity index is 1500. The second-order valence-corrected chi connectivity index (χ2v) is 8.31. The SMILES string of the molecule is Cc1cn([C@H]2C[C@H](O)[C@@H](CNC(=O)c3cc4c([nH]c5ccccc54)c(C)n3)O2)c(=O)[nH]c1=O. The molecule has 3 atom stereocenters. The summed E-state index contributed by atoms with van der Waals surface area (Å²) in [4.78, 5) is 46.5. The average Bonchev–Trinajstić information content (AvgIpc) is 3.35. The highest BCUT2D eigenvalue weighted by atomic mass is 16.5. The number of benzene rings is 1. The van der Waals surface area contributed by atoms with Crippen molar-refractivity contribution in [2.75, 3.05) is 6.54 Å². The van der Waals surface area contributed by atoms with Gasteiger partial charge in [0.1, 0.15) is 18.0 Å². The highest BCUT2D eigenvalue weighted by molar-refractivity contribution is 6.10. The third kappa shape index (κ3) is 3.73. The Kier molecular flexibility index (Phi) is 5.10. The van der Waals surface area contributed by atoms with E-state index in [0.717, 1.165) is 21.8 Å². The molecule has 0 radical (unpaired) electrons. The molecule has 0 aliphatic carbocycles. The fraction of sp³-hybridized carbons (Fsp3) is 0.304. The van der Waals surface area contributed by atoms with E-state index >= 15 is 0 Å². The van der Waals surface area contributed by atoms with Gasteiger partial charge in [0.25, 0.3) is 11.5 Å². The molecule has 1 aromatic carbocycles. The number of carbonyl (C=O) groups is 1. The predicted molar refractivity (Wildman–Crippen MR) is 121 cm³/mol. The van der Waals surface area contributed by atoms with E-state index in [1.807, 2.05) is 31.2 Å². The molecule has 3 aromatic heterocycles. The van der Waals surface area contributed by atoms with Crippen molar-refractivity contribution in [1.82, 2.24) is 24.8 Å². The number of fused-ring (bicyclic) bond motifs is 3. The summed E-state index contributed by atoms with van der Waals surface area (Å²) in [7, 11) is 0. The fourth-order valence-corrected chi connectivity index (χ4v) is 4.27. The lowest BCUT2D eigenvalue weighted by atomic mass is 10.1. The third-order valence-corrected chi connectivity index (χ3v) is 6.03. The maximum absolute atomic E-state index is 12.8. The lowest BCUT2D eigenvalue weighted by molar-refractivity contribution is -0.0187. The second kappa shape index (κ2) is 7.98. The second-order valence-electron chi connectivity index (χ2n) is 8.31. The summed E-state index contributed by atoms with van der Waals surface area (Å²) in [5.74, 6) is -0.387. The smallest absolute Gasteiger partial charge is 0.330 e. The van der Waals surface area contributed by atoms with Crippen LogP contribution in [0.3, 0.4) is 0 Å². The van der Waals surface area contributed by atoms with Gasteiger partial charge in [0.05, 0.1) is 17.3 Å². The number of aliphatic hydroxyl groups is 1. The first-order valence-corrected chi connectivity index (χ1v) is 10.6. The van der Waals surface area contributed by atoms with Gasteiger partial charge in [0.2, 0.25) is 0 Å². The average molecular weight is 449 g/mol. The number of aryl methyl sites for hydroxylation is 2. The van der Waals surface area contributed by atoms with Gasteiger partial charge in [-0.15, -0.1) is 0 Å². The van der Waals surface area contributed by atoms with E-state index in [9.17, 15) is 19.5 Å². The zero-order valence-corrected chi connectivity index (χ0v) is 18.1. The number of rotatable bonds is 4. The monoisotopic (exact) mass is 449 g/mol. The van der Waals surface area contributed by atoms with E-state index in [-0.39, 0.29) is 24.6 Å². The van der Waals surface area contributed by atoms with E-state index in [4.69, 9.17) is 4.74 Å². The molecular weight excluding hydrogens is 426 g/mol. The Labute approximate surface area is 187 Å². The number of pyridine rings is 1. The molecule has 10 nitrogen and oxygen atoms in total. The molecule has 170 valence electrons. The van der Waals surface area contributed by atoms with E-state index in [1.54, 1.807) is 13.0 Å². The van der Waals surface area contributed by atoms with Crippen LogP contribution in [-0.4, -0.2) is 49.3 Å². The minimum Gasteiger partial charge on any atom is -0.390 e. The van der Waals surface area contributed by atoms with Crippen molar-refractivity contribution in [2.24, 2.45) is 0 Å². The lowest BCUT2D eigenvalue weighted by Gasteiger charge is -2.17. The van der Waals surface area contributed by atoms with Gasteiger partial charge in [-0.3, -0.25) is 19.1 Å². The molecule has 4 aromatic rings. The van der Waals surface area contributed by atoms with E-state index < -0.39 is 29.7 Å². The first kappa shape index (κ1) is 21.1. The molecule has 10 heteroatoms. The number of para-hydroxylation sites is 1. The van der Waals surface area contributed by atoms with Crippen molar-refractivity contribution in [3.63, 3.8) is 0 Å². The molecule has 0 unspecified atom stereocenters. The molecular formula is C23H23N5O5. The van der Waals surface area contributed by atoms with Gasteiger partial charge in [-0.05, 0) is 26.0 Å². The molecule has 1 aliphatic rings. The van der Waals surface area contributed by atoms with Gasteiger partial charge >= 0.3 is 5.69 Å². The van der Waals surface area contributed by atoms with Crippen LogP contribution in [0.5, 0.6) is 0 Å². The van der Waals surface area contributed by atoms with Crippen LogP contribution in [0.25, 0.3) is 21.8 Å². The molecule has 0 bridgehead atoms. The molecule has 1 fully saturated rings. The number of aromatic amines is 2. The van der Waals surface area contributed by atoms with E-state index in [2.05, 4.69) is 20.3 Å². The molecule has 1 saturated heterocycles. The third-order valence-electron chi connectivity index (χ3n) is 6.03. The number of carbonyl (C=O) groups excluding carboxylic acids is 1. The summed E-state index contributed by atoms with van der Waals surface area (Å²) in [6.45, 7) is 3.46. The van der Waals surface area contributed by atoms with Gasteiger partial charge in [0.15, 0.2) is 0 Å². The van der Waals surface area contributed by atoms with Crippen LogP contribution in [-0.2, 0) is 4.74 Å². The molecule has 1 aliphatic heterocycles. The maximum Gasteiger partial charge on any atom is 0.330 e. The molecule has 0 saturated carbocycles. The summed E-state index contributed by atoms with van der Waals surface area (Å²) < 4.78 is 7.06. The van der Waals surface area contributed by atoms with Crippen LogP contribution in [0.15, 0.2) is 46.1 Å². The first-order valence-electron chi connectivity index (χ1n) is 10.6. The molecule has 33 heavy (non-hydrogen) atoms. The number of hydrogen-bond donors (Lipinski definition) is 4. The zero-order valence-electron chi connectivity index (χ0n) is 18.1. The lowest BCUT2D eigenvalue weighted by Crippen LogP contribution is -2.37. The van der Waals surface area contributed by atoms with Crippen LogP contribution in [0, 0.1) is 13.8 Å². The molecule has 4 heterocycles. The van der Waals surface area contributed by atoms with Crippen LogP contribution in [0.4, 0.5) is 0 Å². The summed E-state index contributed by atoms with van der Waals surface area (Å²) in [6, 6.07) is 9.58. The Hall–Kier alpha value is -3.76. The van der Waals surface area contributed by atoms with Gasteiger partial charge < -0.3 is 20.1 Å². The van der Waals surface area contributed by atoms with E-state index in [0.29, 0.717) is 11.3 Å². The summed E-state index contributed by atoms with van der Waals surface area (Å²) >= 11 is 0. The quantitative estimate of drug-likeness (QED) is 0.370. The van der Waals surface area contributed by atoms with Crippen LogP contribution in [0.2, 0.25) is 0 Å². The van der Waals surface area contributed by atoms with Gasteiger partial charge in [-0.2, -0.15) is 0 Å². The number of nitrogens with one attached hydrogen (secondary N) is 3. The predicted octanol–water partition coefficient (Wildman–Crippen LogP) is 1.26. The number of aromatic nitrogens is 4. The molecule has 0 spiro atoms. The Balaban J connectivity index is 1.32. The highest BCUT2D eigenvalue weighted by Crippen LogP contribution is 2.28. The molecule has 4 N–H and O–H groups in total. The summed E-state index contributed by atoms with van der Waals surface area (Å²) in [5, 5.41) is 15.1. The number of aliphatic hydroxyl groups excluding tert-OH is 1.